The van der Waals surface area contributed by atoms with Crippen LogP contribution in [0.3, 0.4) is 0 Å². The van der Waals surface area contributed by atoms with E-state index < -0.39 is 6.10 Å². The largest absolute Gasteiger partial charge is 0.485 e. The summed E-state index contributed by atoms with van der Waals surface area (Å²) in [6.45, 7) is 6.71. The molecular formula is C18H21BrO2. The van der Waals surface area contributed by atoms with E-state index in [4.69, 9.17) is 4.74 Å². The molecule has 1 aliphatic heterocycles. The fourth-order valence-electron chi connectivity index (χ4n) is 2.94. The summed E-state index contributed by atoms with van der Waals surface area (Å²) in [5.41, 5.74) is 2.16. The van der Waals surface area contributed by atoms with Crippen molar-refractivity contribution >= 4 is 15.9 Å². The van der Waals surface area contributed by atoms with Crippen molar-refractivity contribution in [3.63, 3.8) is 0 Å². The highest BCUT2D eigenvalue weighted by atomic mass is 79.9. The normalized spacial score (nSPS) is 30.3. The maximum Gasteiger partial charge on any atom is 0.126 e. The van der Waals surface area contributed by atoms with Crippen molar-refractivity contribution in [3.05, 3.63) is 52.0 Å². The lowest BCUT2D eigenvalue weighted by atomic mass is 9.74. The molecule has 112 valence electrons. The first-order valence-electron chi connectivity index (χ1n) is 7.42. The molecule has 3 rings (SSSR count). The van der Waals surface area contributed by atoms with Crippen molar-refractivity contribution in [2.24, 2.45) is 11.3 Å². The number of aliphatic hydroxyl groups excluding tert-OH is 1. The summed E-state index contributed by atoms with van der Waals surface area (Å²) < 4.78 is 7.09. The van der Waals surface area contributed by atoms with Crippen LogP contribution in [0.1, 0.15) is 38.9 Å². The molecule has 0 aromatic heterocycles. The number of allylic oxidation sites excluding steroid dienone is 2. The first kappa shape index (κ1) is 14.9. The fourth-order valence-corrected chi connectivity index (χ4v) is 3.31. The number of hydrogen-bond donors (Lipinski definition) is 1. The first-order valence-corrected chi connectivity index (χ1v) is 8.21. The van der Waals surface area contributed by atoms with Crippen LogP contribution in [0, 0.1) is 11.3 Å². The van der Waals surface area contributed by atoms with Crippen LogP contribution in [0.5, 0.6) is 5.75 Å². The SMILES string of the molecule is CC1C=CC(C2CC(O)c3cc(Br)ccc3O2)=CC1(C)C. The highest BCUT2D eigenvalue weighted by Gasteiger charge is 2.32. The molecule has 1 heterocycles. The molecule has 0 spiro atoms. The number of rotatable bonds is 1. The average molecular weight is 349 g/mol. The molecule has 21 heavy (non-hydrogen) atoms. The Bertz CT molecular complexity index is 616. The Kier molecular flexibility index (Phi) is 3.74. The van der Waals surface area contributed by atoms with Crippen molar-refractivity contribution in [1.29, 1.82) is 0 Å². The molecule has 0 radical (unpaired) electrons. The summed E-state index contributed by atoms with van der Waals surface area (Å²) in [4.78, 5) is 0. The zero-order valence-corrected chi connectivity index (χ0v) is 14.2. The van der Waals surface area contributed by atoms with Crippen molar-refractivity contribution in [1.82, 2.24) is 0 Å². The molecule has 0 fully saturated rings. The van der Waals surface area contributed by atoms with E-state index in [9.17, 15) is 5.11 Å². The minimum Gasteiger partial charge on any atom is -0.485 e. The highest BCUT2D eigenvalue weighted by Crippen LogP contribution is 2.41. The van der Waals surface area contributed by atoms with Gasteiger partial charge in [-0.1, -0.05) is 54.9 Å². The molecule has 1 N–H and O–H groups in total. The van der Waals surface area contributed by atoms with E-state index in [-0.39, 0.29) is 11.5 Å². The van der Waals surface area contributed by atoms with Gasteiger partial charge in [0.1, 0.15) is 11.9 Å². The summed E-state index contributed by atoms with van der Waals surface area (Å²) in [7, 11) is 0. The van der Waals surface area contributed by atoms with E-state index in [2.05, 4.69) is 54.9 Å². The molecule has 0 amide bonds. The molecule has 0 saturated heterocycles. The van der Waals surface area contributed by atoms with Crippen molar-refractivity contribution in [3.8, 4) is 5.75 Å². The van der Waals surface area contributed by atoms with Gasteiger partial charge in [0.2, 0.25) is 0 Å². The van der Waals surface area contributed by atoms with Gasteiger partial charge < -0.3 is 9.84 Å². The van der Waals surface area contributed by atoms with Gasteiger partial charge in [0.05, 0.1) is 6.10 Å². The second-order valence-electron chi connectivity index (χ2n) is 6.65. The molecule has 3 unspecified atom stereocenters. The van der Waals surface area contributed by atoms with E-state index in [1.807, 2.05) is 18.2 Å². The molecule has 3 heteroatoms. The zero-order valence-electron chi connectivity index (χ0n) is 12.6. The van der Waals surface area contributed by atoms with Gasteiger partial charge in [0, 0.05) is 16.5 Å². The van der Waals surface area contributed by atoms with E-state index in [0.717, 1.165) is 15.8 Å². The second-order valence-corrected chi connectivity index (χ2v) is 7.57. The summed E-state index contributed by atoms with van der Waals surface area (Å²) in [6.07, 6.45) is 6.73. The zero-order chi connectivity index (χ0) is 15.2. The molecular weight excluding hydrogens is 328 g/mol. The minimum atomic E-state index is -0.479. The lowest BCUT2D eigenvalue weighted by molar-refractivity contribution is 0.0824. The minimum absolute atomic E-state index is 0.0725. The van der Waals surface area contributed by atoms with Gasteiger partial charge in [-0.2, -0.15) is 0 Å². The van der Waals surface area contributed by atoms with Crippen LogP contribution < -0.4 is 4.74 Å². The number of halogens is 1. The number of hydrogen-bond acceptors (Lipinski definition) is 2. The highest BCUT2D eigenvalue weighted by molar-refractivity contribution is 9.10. The number of aliphatic hydroxyl groups is 1. The number of ether oxygens (including phenoxy) is 1. The van der Waals surface area contributed by atoms with Crippen LogP contribution in [-0.2, 0) is 0 Å². The Morgan fingerprint density at radius 3 is 2.81 bits per heavy atom. The molecule has 1 aliphatic carbocycles. The van der Waals surface area contributed by atoms with Gasteiger partial charge in [0.15, 0.2) is 0 Å². The van der Waals surface area contributed by atoms with Crippen molar-refractivity contribution < 1.29 is 9.84 Å². The van der Waals surface area contributed by atoms with Gasteiger partial charge in [0.25, 0.3) is 0 Å². The van der Waals surface area contributed by atoms with Gasteiger partial charge in [-0.15, -0.1) is 0 Å². The molecule has 1 aromatic rings. The lowest BCUT2D eigenvalue weighted by Crippen LogP contribution is -2.30. The van der Waals surface area contributed by atoms with Crippen molar-refractivity contribution in [2.75, 3.05) is 0 Å². The average Bonchev–Trinajstić information content (AvgIpc) is 2.42. The molecule has 2 nitrogen and oxygen atoms in total. The van der Waals surface area contributed by atoms with Crippen LogP contribution in [0.2, 0.25) is 0 Å². The Hall–Kier alpha value is -1.06. The van der Waals surface area contributed by atoms with Crippen molar-refractivity contribution in [2.45, 2.75) is 39.4 Å². The number of fused-ring (bicyclic) bond motifs is 1. The van der Waals surface area contributed by atoms with Gasteiger partial charge >= 0.3 is 0 Å². The van der Waals surface area contributed by atoms with Crippen LogP contribution >= 0.6 is 15.9 Å². The van der Waals surface area contributed by atoms with E-state index in [1.54, 1.807) is 0 Å². The Labute approximate surface area is 134 Å². The Balaban J connectivity index is 1.90. The second kappa shape index (κ2) is 5.29. The molecule has 2 aliphatic rings. The first-order chi connectivity index (χ1) is 9.87. The van der Waals surface area contributed by atoms with Crippen LogP contribution in [-0.4, -0.2) is 11.2 Å². The fraction of sp³-hybridized carbons (Fsp3) is 0.444. The standard InChI is InChI=1S/C18H21BrO2/c1-11-4-5-12(10-18(11,2)3)17-9-15(20)14-8-13(19)6-7-16(14)21-17/h4-8,10-11,15,17,20H,9H2,1-3H3. The van der Waals surface area contributed by atoms with Gasteiger partial charge in [-0.3, -0.25) is 0 Å². The quantitative estimate of drug-likeness (QED) is 0.790. The molecule has 0 bridgehead atoms. The Morgan fingerprint density at radius 2 is 2.10 bits per heavy atom. The topological polar surface area (TPSA) is 29.5 Å². The number of benzene rings is 1. The van der Waals surface area contributed by atoms with E-state index >= 15 is 0 Å². The van der Waals surface area contributed by atoms with Crippen LogP contribution in [0.25, 0.3) is 0 Å². The predicted octanol–water partition coefficient (Wildman–Crippen LogP) is 4.79. The van der Waals surface area contributed by atoms with Gasteiger partial charge in [-0.05, 0) is 35.1 Å². The smallest absolute Gasteiger partial charge is 0.126 e. The summed E-state index contributed by atoms with van der Waals surface area (Å²) in [5, 5.41) is 10.4. The van der Waals surface area contributed by atoms with Crippen LogP contribution in [0.4, 0.5) is 0 Å². The van der Waals surface area contributed by atoms with Crippen LogP contribution in [0.15, 0.2) is 46.5 Å². The molecule has 1 aromatic carbocycles. The lowest BCUT2D eigenvalue weighted by Gasteiger charge is -2.35. The predicted molar refractivity (Wildman–Crippen MR) is 88.3 cm³/mol. The van der Waals surface area contributed by atoms with E-state index in [0.29, 0.717) is 12.3 Å². The van der Waals surface area contributed by atoms with E-state index in [1.165, 1.54) is 5.57 Å². The summed E-state index contributed by atoms with van der Waals surface area (Å²) >= 11 is 3.44. The third-order valence-corrected chi connectivity index (χ3v) is 5.19. The third-order valence-electron chi connectivity index (χ3n) is 4.70. The maximum atomic E-state index is 10.4. The molecule has 3 atom stereocenters. The Morgan fingerprint density at radius 1 is 1.33 bits per heavy atom. The summed E-state index contributed by atoms with van der Waals surface area (Å²) in [5.74, 6) is 1.30. The summed E-state index contributed by atoms with van der Waals surface area (Å²) in [6, 6.07) is 5.81. The maximum absolute atomic E-state index is 10.4. The third kappa shape index (κ3) is 2.82. The monoisotopic (exact) mass is 348 g/mol. The van der Waals surface area contributed by atoms with Gasteiger partial charge in [-0.25, -0.2) is 0 Å². The molecule has 0 saturated carbocycles.